The van der Waals surface area contributed by atoms with Crippen LogP contribution in [0.3, 0.4) is 0 Å². The van der Waals surface area contributed by atoms with Crippen LogP contribution in [0.5, 0.6) is 5.75 Å². The molecule has 0 aliphatic rings. The van der Waals surface area contributed by atoms with Gasteiger partial charge in [0, 0.05) is 5.56 Å². The van der Waals surface area contributed by atoms with Crippen LogP contribution in [0.4, 0.5) is 8.78 Å². The van der Waals surface area contributed by atoms with E-state index in [-0.39, 0.29) is 29.6 Å². The van der Waals surface area contributed by atoms with Crippen molar-refractivity contribution in [3.8, 4) is 5.75 Å². The summed E-state index contributed by atoms with van der Waals surface area (Å²) >= 11 is 3.06. The highest BCUT2D eigenvalue weighted by molar-refractivity contribution is 9.10. The molecule has 0 bridgehead atoms. The molecular weight excluding hydrogens is 346 g/mol. The minimum atomic E-state index is -0.639. The summed E-state index contributed by atoms with van der Waals surface area (Å²) in [7, 11) is 0. The third-order valence-electron chi connectivity index (χ3n) is 2.71. The van der Waals surface area contributed by atoms with Crippen LogP contribution < -0.4 is 10.5 Å². The second kappa shape index (κ2) is 6.53. The van der Waals surface area contributed by atoms with Gasteiger partial charge in [-0.15, -0.1) is 0 Å². The molecule has 0 aliphatic heterocycles. The Balaban J connectivity index is 2.11. The minimum absolute atomic E-state index is 0.0185. The van der Waals surface area contributed by atoms with Crippen LogP contribution >= 0.6 is 15.9 Å². The monoisotopic (exact) mass is 356 g/mol. The van der Waals surface area contributed by atoms with Gasteiger partial charge < -0.3 is 15.7 Å². The SMILES string of the molecule is N/C(=N/O)c1ccc(OCc2ccc(F)c(Br)c2)c(F)c1. The Morgan fingerprint density at radius 1 is 1.19 bits per heavy atom. The number of hydrogen-bond acceptors (Lipinski definition) is 3. The number of halogens is 3. The first-order valence-corrected chi connectivity index (χ1v) is 6.64. The van der Waals surface area contributed by atoms with Crippen LogP contribution in [0, 0.1) is 11.6 Å². The maximum Gasteiger partial charge on any atom is 0.170 e. The van der Waals surface area contributed by atoms with E-state index in [1.807, 2.05) is 0 Å². The van der Waals surface area contributed by atoms with E-state index in [1.165, 1.54) is 18.2 Å². The number of rotatable bonds is 4. The zero-order valence-electron chi connectivity index (χ0n) is 10.7. The van der Waals surface area contributed by atoms with E-state index in [0.717, 1.165) is 6.07 Å². The molecular formula is C14H11BrF2N2O2. The van der Waals surface area contributed by atoms with Gasteiger partial charge in [-0.3, -0.25) is 0 Å². The summed E-state index contributed by atoms with van der Waals surface area (Å²) in [5.41, 5.74) is 6.29. The fourth-order valence-corrected chi connectivity index (χ4v) is 2.05. The molecule has 21 heavy (non-hydrogen) atoms. The first-order valence-electron chi connectivity index (χ1n) is 5.85. The Morgan fingerprint density at radius 2 is 1.95 bits per heavy atom. The first kappa shape index (κ1) is 15.2. The van der Waals surface area contributed by atoms with E-state index < -0.39 is 5.82 Å². The smallest absolute Gasteiger partial charge is 0.170 e. The molecule has 0 amide bonds. The number of benzene rings is 2. The second-order valence-electron chi connectivity index (χ2n) is 4.17. The Morgan fingerprint density at radius 3 is 2.57 bits per heavy atom. The van der Waals surface area contributed by atoms with Gasteiger partial charge in [0.2, 0.25) is 0 Å². The molecule has 0 aliphatic carbocycles. The van der Waals surface area contributed by atoms with Crippen LogP contribution in [0.2, 0.25) is 0 Å². The average Bonchev–Trinajstić information content (AvgIpc) is 2.48. The molecule has 0 saturated heterocycles. The van der Waals surface area contributed by atoms with E-state index in [2.05, 4.69) is 21.1 Å². The number of nitrogens with zero attached hydrogens (tertiary/aromatic N) is 1. The number of oxime groups is 1. The van der Waals surface area contributed by atoms with Crippen LogP contribution in [0.1, 0.15) is 11.1 Å². The molecule has 2 rings (SSSR count). The molecule has 110 valence electrons. The van der Waals surface area contributed by atoms with Crippen molar-refractivity contribution in [2.45, 2.75) is 6.61 Å². The minimum Gasteiger partial charge on any atom is -0.486 e. The molecule has 7 heteroatoms. The number of hydrogen-bond donors (Lipinski definition) is 2. The number of ether oxygens (including phenoxy) is 1. The predicted molar refractivity (Wildman–Crippen MR) is 77.3 cm³/mol. The fraction of sp³-hybridized carbons (Fsp3) is 0.0714. The van der Waals surface area contributed by atoms with Crippen molar-refractivity contribution >= 4 is 21.8 Å². The zero-order chi connectivity index (χ0) is 15.4. The molecule has 0 atom stereocenters. The van der Waals surface area contributed by atoms with Crippen molar-refractivity contribution in [2.24, 2.45) is 10.9 Å². The topological polar surface area (TPSA) is 67.8 Å². The van der Waals surface area contributed by atoms with Gasteiger partial charge >= 0.3 is 0 Å². The molecule has 0 heterocycles. The van der Waals surface area contributed by atoms with Crippen LogP contribution in [0.15, 0.2) is 46.0 Å². The summed E-state index contributed by atoms with van der Waals surface area (Å²) in [6.45, 7) is 0.0821. The fourth-order valence-electron chi connectivity index (χ4n) is 1.63. The zero-order valence-corrected chi connectivity index (χ0v) is 12.3. The molecule has 2 aromatic carbocycles. The summed E-state index contributed by atoms with van der Waals surface area (Å²) in [4.78, 5) is 0. The maximum absolute atomic E-state index is 13.8. The maximum atomic E-state index is 13.8. The van der Waals surface area contributed by atoms with Crippen molar-refractivity contribution in [3.05, 3.63) is 63.6 Å². The summed E-state index contributed by atoms with van der Waals surface area (Å²) in [5, 5.41) is 11.3. The lowest BCUT2D eigenvalue weighted by Crippen LogP contribution is -2.13. The van der Waals surface area contributed by atoms with Gasteiger partial charge in [0.25, 0.3) is 0 Å². The highest BCUT2D eigenvalue weighted by Crippen LogP contribution is 2.21. The highest BCUT2D eigenvalue weighted by atomic mass is 79.9. The van der Waals surface area contributed by atoms with E-state index in [9.17, 15) is 8.78 Å². The van der Waals surface area contributed by atoms with Crippen molar-refractivity contribution in [1.82, 2.24) is 0 Å². The Kier molecular flexibility index (Phi) is 4.74. The standard InChI is InChI=1S/C14H11BrF2N2O2/c15-10-5-8(1-3-11(10)16)7-21-13-4-2-9(6-12(13)17)14(18)19-20/h1-6,20H,7H2,(H2,18,19). The summed E-state index contributed by atoms with van der Waals surface area (Å²) in [5.74, 6) is -1.19. The van der Waals surface area contributed by atoms with Crippen molar-refractivity contribution in [2.75, 3.05) is 0 Å². The van der Waals surface area contributed by atoms with Gasteiger partial charge in [-0.2, -0.15) is 0 Å². The molecule has 0 aromatic heterocycles. The Bertz CT molecular complexity index is 693. The summed E-state index contributed by atoms with van der Waals surface area (Å²) in [6.07, 6.45) is 0. The first-order chi connectivity index (χ1) is 10.0. The van der Waals surface area contributed by atoms with Crippen molar-refractivity contribution in [3.63, 3.8) is 0 Å². The molecule has 2 aromatic rings. The van der Waals surface area contributed by atoms with E-state index in [4.69, 9.17) is 15.7 Å². The quantitative estimate of drug-likeness (QED) is 0.381. The lowest BCUT2D eigenvalue weighted by atomic mass is 10.2. The third kappa shape index (κ3) is 3.69. The molecule has 3 N–H and O–H groups in total. The highest BCUT2D eigenvalue weighted by Gasteiger charge is 2.08. The van der Waals surface area contributed by atoms with Crippen LogP contribution in [-0.2, 0) is 6.61 Å². The van der Waals surface area contributed by atoms with E-state index in [0.29, 0.717) is 10.0 Å². The third-order valence-corrected chi connectivity index (χ3v) is 3.32. The lowest BCUT2D eigenvalue weighted by molar-refractivity contribution is 0.290. The average molecular weight is 357 g/mol. The van der Waals surface area contributed by atoms with Gasteiger partial charge in [0.15, 0.2) is 17.4 Å². The lowest BCUT2D eigenvalue weighted by Gasteiger charge is -2.09. The van der Waals surface area contributed by atoms with Crippen LogP contribution in [0.25, 0.3) is 0 Å². The van der Waals surface area contributed by atoms with Crippen molar-refractivity contribution in [1.29, 1.82) is 0 Å². The molecule has 0 fully saturated rings. The van der Waals surface area contributed by atoms with Gasteiger partial charge in [-0.05, 0) is 51.8 Å². The van der Waals surface area contributed by atoms with E-state index in [1.54, 1.807) is 12.1 Å². The van der Waals surface area contributed by atoms with Gasteiger partial charge in [0.05, 0.1) is 4.47 Å². The molecule has 0 radical (unpaired) electrons. The van der Waals surface area contributed by atoms with E-state index >= 15 is 0 Å². The van der Waals surface area contributed by atoms with Crippen molar-refractivity contribution < 1.29 is 18.7 Å². The Labute approximate surface area is 128 Å². The van der Waals surface area contributed by atoms with Crippen LogP contribution in [-0.4, -0.2) is 11.0 Å². The largest absolute Gasteiger partial charge is 0.486 e. The van der Waals surface area contributed by atoms with Gasteiger partial charge in [-0.25, -0.2) is 8.78 Å². The molecule has 0 spiro atoms. The molecule has 0 unspecified atom stereocenters. The predicted octanol–water partition coefficient (Wildman–Crippen LogP) is 3.40. The summed E-state index contributed by atoms with van der Waals surface area (Å²) < 4.78 is 32.5. The van der Waals surface area contributed by atoms with Gasteiger partial charge in [-0.1, -0.05) is 11.2 Å². The number of nitrogens with two attached hydrogens (primary N) is 1. The second-order valence-corrected chi connectivity index (χ2v) is 5.02. The molecule has 0 saturated carbocycles. The molecule has 4 nitrogen and oxygen atoms in total. The normalized spacial score (nSPS) is 11.5. The summed E-state index contributed by atoms with van der Waals surface area (Å²) in [6, 6.07) is 8.34. The Hall–Kier alpha value is -2.15. The van der Waals surface area contributed by atoms with Gasteiger partial charge in [0.1, 0.15) is 12.4 Å². The number of amidine groups is 1.